The SMILES string of the molecule is C=CCOc1ccc(C(c2ccc(C)c(N3C(=O)C=CC3=O)c2C)c2ccc(C)c(N3C(=O)C=CC3=O)c2C)cc1. The quantitative estimate of drug-likeness (QED) is 0.211. The van der Waals surface area contributed by atoms with E-state index in [2.05, 4.69) is 6.58 Å². The van der Waals surface area contributed by atoms with Crippen molar-refractivity contribution in [2.45, 2.75) is 33.6 Å². The minimum absolute atomic E-state index is 0.358. The summed E-state index contributed by atoms with van der Waals surface area (Å²) in [6.07, 6.45) is 6.80. The Morgan fingerprint density at radius 3 is 1.46 bits per heavy atom. The molecule has 0 saturated carbocycles. The molecule has 0 aliphatic carbocycles. The van der Waals surface area contributed by atoms with Crippen molar-refractivity contribution in [1.29, 1.82) is 0 Å². The molecule has 41 heavy (non-hydrogen) atoms. The predicted molar refractivity (Wildman–Crippen MR) is 158 cm³/mol. The second-order valence-electron chi connectivity index (χ2n) is 10.2. The van der Waals surface area contributed by atoms with Crippen LogP contribution in [0.1, 0.15) is 44.9 Å². The molecule has 0 atom stereocenters. The summed E-state index contributed by atoms with van der Waals surface area (Å²) in [6, 6.07) is 15.5. The van der Waals surface area contributed by atoms with Crippen LogP contribution in [-0.2, 0) is 19.2 Å². The van der Waals surface area contributed by atoms with Gasteiger partial charge in [0, 0.05) is 30.2 Å². The summed E-state index contributed by atoms with van der Waals surface area (Å²) in [7, 11) is 0. The monoisotopic (exact) mass is 546 g/mol. The standard InChI is InChI=1S/C34H30N2O5/c1-6-19-41-25-11-9-24(10-12-25)32(26-13-7-20(2)33(22(26)4)35-28(37)15-16-29(35)38)27-14-8-21(3)34(23(27)5)36-30(39)17-18-31(36)40/h6-18,32H,1,19H2,2-5H3. The average molecular weight is 547 g/mol. The van der Waals surface area contributed by atoms with E-state index in [-0.39, 0.29) is 29.5 Å². The van der Waals surface area contributed by atoms with E-state index in [1.165, 1.54) is 34.1 Å². The first-order valence-electron chi connectivity index (χ1n) is 13.3. The number of carbonyl (C=O) groups excluding carboxylic acids is 4. The first-order valence-corrected chi connectivity index (χ1v) is 13.3. The number of hydrogen-bond donors (Lipinski definition) is 0. The number of anilines is 2. The molecule has 2 heterocycles. The third kappa shape index (κ3) is 4.80. The van der Waals surface area contributed by atoms with Crippen molar-refractivity contribution in [2.75, 3.05) is 16.4 Å². The van der Waals surface area contributed by atoms with Crippen molar-refractivity contribution in [1.82, 2.24) is 0 Å². The van der Waals surface area contributed by atoms with E-state index in [4.69, 9.17) is 4.74 Å². The minimum atomic E-state index is -0.383. The second kappa shape index (κ2) is 10.8. The summed E-state index contributed by atoms with van der Waals surface area (Å²) in [6.45, 7) is 11.6. The molecule has 4 amide bonds. The zero-order chi connectivity index (χ0) is 29.4. The maximum atomic E-state index is 12.7. The Morgan fingerprint density at radius 2 is 1.07 bits per heavy atom. The fourth-order valence-electron chi connectivity index (χ4n) is 5.70. The Bertz CT molecular complexity index is 1550. The number of amides is 4. The molecule has 0 spiro atoms. The van der Waals surface area contributed by atoms with Gasteiger partial charge in [0.15, 0.2) is 0 Å². The summed E-state index contributed by atoms with van der Waals surface area (Å²) in [5, 5.41) is 0. The first kappa shape index (κ1) is 27.5. The Morgan fingerprint density at radius 1 is 0.659 bits per heavy atom. The summed E-state index contributed by atoms with van der Waals surface area (Å²) >= 11 is 0. The van der Waals surface area contributed by atoms with E-state index in [1.54, 1.807) is 6.08 Å². The number of aryl methyl sites for hydroxylation is 2. The Hall–Kier alpha value is -5.04. The van der Waals surface area contributed by atoms with Gasteiger partial charge in [-0.15, -0.1) is 0 Å². The molecule has 5 rings (SSSR count). The molecule has 0 unspecified atom stereocenters. The van der Waals surface area contributed by atoms with E-state index in [9.17, 15) is 19.2 Å². The zero-order valence-corrected chi connectivity index (χ0v) is 23.4. The molecular formula is C34H30N2O5. The van der Waals surface area contributed by atoms with E-state index in [0.717, 1.165) is 38.9 Å². The molecule has 3 aromatic carbocycles. The van der Waals surface area contributed by atoms with Crippen LogP contribution in [0.15, 0.2) is 85.5 Å². The van der Waals surface area contributed by atoms with Crippen molar-refractivity contribution in [3.8, 4) is 5.75 Å². The van der Waals surface area contributed by atoms with Crippen LogP contribution in [-0.4, -0.2) is 30.2 Å². The maximum absolute atomic E-state index is 12.7. The summed E-state index contributed by atoms with van der Waals surface area (Å²) in [5.74, 6) is -1.20. The van der Waals surface area contributed by atoms with Gasteiger partial charge in [-0.2, -0.15) is 0 Å². The molecule has 0 aromatic heterocycles. The lowest BCUT2D eigenvalue weighted by Crippen LogP contribution is -2.32. The number of rotatable bonds is 8. The number of hydrogen-bond acceptors (Lipinski definition) is 5. The van der Waals surface area contributed by atoms with Gasteiger partial charge < -0.3 is 4.74 Å². The van der Waals surface area contributed by atoms with Crippen molar-refractivity contribution < 1.29 is 23.9 Å². The Balaban J connectivity index is 1.73. The molecule has 206 valence electrons. The summed E-state index contributed by atoms with van der Waals surface area (Å²) < 4.78 is 5.71. The number of imide groups is 2. The highest BCUT2D eigenvalue weighted by Crippen LogP contribution is 2.43. The molecule has 0 N–H and O–H groups in total. The average Bonchev–Trinajstić information content (AvgIpc) is 3.46. The van der Waals surface area contributed by atoms with Crippen LogP contribution in [0.25, 0.3) is 0 Å². The summed E-state index contributed by atoms with van der Waals surface area (Å²) in [5.41, 5.74) is 6.96. The number of nitrogens with zero attached hydrogens (tertiary/aromatic N) is 2. The van der Waals surface area contributed by atoms with Crippen LogP contribution in [0.5, 0.6) is 5.75 Å². The minimum Gasteiger partial charge on any atom is -0.490 e. The fraction of sp³-hybridized carbons (Fsp3) is 0.176. The van der Waals surface area contributed by atoms with Crippen molar-refractivity contribution in [3.05, 3.63) is 124 Å². The van der Waals surface area contributed by atoms with Gasteiger partial charge in [0.2, 0.25) is 0 Å². The van der Waals surface area contributed by atoms with Crippen molar-refractivity contribution in [3.63, 3.8) is 0 Å². The van der Waals surface area contributed by atoms with E-state index < -0.39 is 0 Å². The molecule has 0 bridgehead atoms. The van der Waals surface area contributed by atoms with Crippen LogP contribution in [0.3, 0.4) is 0 Å². The van der Waals surface area contributed by atoms with Gasteiger partial charge >= 0.3 is 0 Å². The molecule has 0 saturated heterocycles. The van der Waals surface area contributed by atoms with E-state index in [1.807, 2.05) is 76.2 Å². The van der Waals surface area contributed by atoms with Crippen molar-refractivity contribution in [2.24, 2.45) is 0 Å². The van der Waals surface area contributed by atoms with Crippen LogP contribution in [0.2, 0.25) is 0 Å². The van der Waals surface area contributed by atoms with Crippen LogP contribution in [0, 0.1) is 27.7 Å². The van der Waals surface area contributed by atoms with Gasteiger partial charge in [-0.05, 0) is 78.8 Å². The third-order valence-corrected chi connectivity index (χ3v) is 7.62. The van der Waals surface area contributed by atoms with Crippen molar-refractivity contribution >= 4 is 35.0 Å². The lowest BCUT2D eigenvalue weighted by atomic mass is 9.79. The molecule has 3 aromatic rings. The number of ether oxygens (including phenoxy) is 1. The zero-order valence-electron chi connectivity index (χ0n) is 23.4. The van der Waals surface area contributed by atoms with Gasteiger partial charge in [0.05, 0.1) is 11.4 Å². The molecule has 2 aliphatic heterocycles. The highest BCUT2D eigenvalue weighted by atomic mass is 16.5. The maximum Gasteiger partial charge on any atom is 0.258 e. The topological polar surface area (TPSA) is 84.0 Å². The second-order valence-corrected chi connectivity index (χ2v) is 10.2. The Labute approximate surface area is 239 Å². The predicted octanol–water partition coefficient (Wildman–Crippen LogP) is 5.52. The smallest absolute Gasteiger partial charge is 0.258 e. The molecule has 2 aliphatic rings. The Kier molecular flexibility index (Phi) is 7.28. The lowest BCUT2D eigenvalue weighted by molar-refractivity contribution is -0.121. The molecule has 0 radical (unpaired) electrons. The fourth-order valence-corrected chi connectivity index (χ4v) is 5.70. The van der Waals surface area contributed by atoms with Gasteiger partial charge in [-0.3, -0.25) is 19.2 Å². The van der Waals surface area contributed by atoms with Gasteiger partial charge in [-0.1, -0.05) is 49.1 Å². The molecule has 7 nitrogen and oxygen atoms in total. The van der Waals surface area contributed by atoms with Gasteiger partial charge in [0.1, 0.15) is 12.4 Å². The largest absolute Gasteiger partial charge is 0.490 e. The van der Waals surface area contributed by atoms with Crippen LogP contribution >= 0.6 is 0 Å². The van der Waals surface area contributed by atoms with Crippen LogP contribution < -0.4 is 14.5 Å². The highest BCUT2D eigenvalue weighted by Gasteiger charge is 2.33. The number of carbonyl (C=O) groups is 4. The van der Waals surface area contributed by atoms with Gasteiger partial charge in [0.25, 0.3) is 23.6 Å². The first-order chi connectivity index (χ1) is 19.6. The molecule has 0 fully saturated rings. The van der Waals surface area contributed by atoms with Crippen LogP contribution in [0.4, 0.5) is 11.4 Å². The van der Waals surface area contributed by atoms with Gasteiger partial charge in [-0.25, -0.2) is 9.80 Å². The van der Waals surface area contributed by atoms with E-state index in [0.29, 0.717) is 23.7 Å². The normalized spacial score (nSPS) is 14.7. The van der Waals surface area contributed by atoms with E-state index >= 15 is 0 Å². The molecule has 7 heteroatoms. The lowest BCUT2D eigenvalue weighted by Gasteiger charge is -2.29. The third-order valence-electron chi connectivity index (χ3n) is 7.62. The summed E-state index contributed by atoms with van der Waals surface area (Å²) in [4.78, 5) is 53.2. The molecular weight excluding hydrogens is 516 g/mol. The highest BCUT2D eigenvalue weighted by molar-refractivity contribution is 6.29. The number of benzene rings is 3.